The lowest BCUT2D eigenvalue weighted by Gasteiger charge is -2.35. The van der Waals surface area contributed by atoms with Crippen molar-refractivity contribution in [2.24, 2.45) is 0 Å². The van der Waals surface area contributed by atoms with Gasteiger partial charge >= 0.3 is 5.97 Å². The van der Waals surface area contributed by atoms with Crippen molar-refractivity contribution in [2.45, 2.75) is 45.4 Å². The van der Waals surface area contributed by atoms with Gasteiger partial charge in [-0.05, 0) is 31.0 Å². The Morgan fingerprint density at radius 3 is 2.58 bits per heavy atom. The van der Waals surface area contributed by atoms with Gasteiger partial charge in [0.25, 0.3) is 5.91 Å². The third kappa shape index (κ3) is 5.84. The topological polar surface area (TPSA) is 84.9 Å². The number of ether oxygens (including phenoxy) is 2. The van der Waals surface area contributed by atoms with Gasteiger partial charge in [-0.3, -0.25) is 14.4 Å². The van der Waals surface area contributed by atoms with Crippen LogP contribution in [0.5, 0.6) is 5.75 Å². The molecule has 1 N–H and O–H groups in total. The summed E-state index contributed by atoms with van der Waals surface area (Å²) in [6, 6.07) is 15.7. The highest BCUT2D eigenvalue weighted by Gasteiger charge is 2.36. The molecular weight excluding hydrogens is 396 g/mol. The first-order valence-corrected chi connectivity index (χ1v) is 10.5. The molecule has 0 aliphatic carbocycles. The highest BCUT2D eigenvalue weighted by atomic mass is 16.5. The van der Waals surface area contributed by atoms with Gasteiger partial charge in [-0.2, -0.15) is 0 Å². The first kappa shape index (κ1) is 22.3. The predicted molar refractivity (Wildman–Crippen MR) is 116 cm³/mol. The molecule has 2 aromatic carbocycles. The third-order valence-electron chi connectivity index (χ3n) is 5.21. The Morgan fingerprint density at radius 2 is 1.84 bits per heavy atom. The van der Waals surface area contributed by atoms with Gasteiger partial charge in [0.15, 0.2) is 0 Å². The van der Waals surface area contributed by atoms with Gasteiger partial charge in [-0.1, -0.05) is 49.4 Å². The molecule has 0 saturated carbocycles. The van der Waals surface area contributed by atoms with Crippen LogP contribution in [0.25, 0.3) is 0 Å². The van der Waals surface area contributed by atoms with Crippen LogP contribution in [0.2, 0.25) is 0 Å². The van der Waals surface area contributed by atoms with Crippen molar-refractivity contribution in [3.05, 3.63) is 65.7 Å². The highest BCUT2D eigenvalue weighted by Crippen LogP contribution is 2.24. The van der Waals surface area contributed by atoms with Crippen molar-refractivity contribution < 1.29 is 23.9 Å². The summed E-state index contributed by atoms with van der Waals surface area (Å²) in [5.41, 5.74) is 1.33. The molecule has 0 radical (unpaired) electrons. The number of nitrogens with zero attached hydrogens (tertiary/aromatic N) is 1. The van der Waals surface area contributed by atoms with Crippen LogP contribution >= 0.6 is 0 Å². The molecule has 0 bridgehead atoms. The minimum absolute atomic E-state index is 0.186. The molecule has 1 heterocycles. The van der Waals surface area contributed by atoms with E-state index in [0.717, 1.165) is 5.56 Å². The molecular formula is C24H28N2O5. The molecule has 1 aliphatic rings. The normalized spacial score (nSPS) is 16.9. The molecule has 2 aromatic rings. The Bertz CT molecular complexity index is 915. The number of hydrogen-bond acceptors (Lipinski definition) is 5. The second-order valence-electron chi connectivity index (χ2n) is 7.49. The quantitative estimate of drug-likeness (QED) is 0.659. The number of piperazine rings is 1. The van der Waals surface area contributed by atoms with Crippen LogP contribution in [-0.4, -0.2) is 47.9 Å². The van der Waals surface area contributed by atoms with E-state index in [1.807, 2.05) is 37.3 Å². The van der Waals surface area contributed by atoms with E-state index in [1.165, 1.54) is 4.90 Å². The minimum Gasteiger partial charge on any atom is -0.488 e. The molecule has 31 heavy (non-hydrogen) atoms. The van der Waals surface area contributed by atoms with Crippen molar-refractivity contribution in [1.82, 2.24) is 10.2 Å². The first-order chi connectivity index (χ1) is 15.0. The van der Waals surface area contributed by atoms with E-state index in [9.17, 15) is 14.4 Å². The van der Waals surface area contributed by atoms with Gasteiger partial charge in [0.1, 0.15) is 18.4 Å². The number of esters is 1. The van der Waals surface area contributed by atoms with Crippen LogP contribution in [0.3, 0.4) is 0 Å². The van der Waals surface area contributed by atoms with E-state index in [2.05, 4.69) is 5.32 Å². The number of amides is 2. The Balaban J connectivity index is 1.76. The fraction of sp³-hybridized carbons (Fsp3) is 0.375. The van der Waals surface area contributed by atoms with Crippen molar-refractivity contribution in [3.8, 4) is 5.75 Å². The summed E-state index contributed by atoms with van der Waals surface area (Å²) >= 11 is 0. The Kier molecular flexibility index (Phi) is 7.65. The van der Waals surface area contributed by atoms with Crippen LogP contribution in [0.15, 0.2) is 54.6 Å². The van der Waals surface area contributed by atoms with Gasteiger partial charge in [0, 0.05) is 13.1 Å². The van der Waals surface area contributed by atoms with Crippen LogP contribution < -0.4 is 10.1 Å². The maximum Gasteiger partial charge on any atom is 0.308 e. The van der Waals surface area contributed by atoms with E-state index in [-0.39, 0.29) is 24.3 Å². The Hall–Kier alpha value is -3.35. The molecule has 2 atom stereocenters. The van der Waals surface area contributed by atoms with Crippen LogP contribution in [0, 0.1) is 0 Å². The molecule has 2 amide bonds. The minimum atomic E-state index is -0.917. The zero-order chi connectivity index (χ0) is 22.2. The summed E-state index contributed by atoms with van der Waals surface area (Å²) in [4.78, 5) is 39.6. The van der Waals surface area contributed by atoms with Gasteiger partial charge in [0.05, 0.1) is 18.1 Å². The molecule has 7 nitrogen and oxygen atoms in total. The molecule has 0 aromatic heterocycles. The lowest BCUT2D eigenvalue weighted by molar-refractivity contribution is -0.151. The molecule has 1 saturated heterocycles. The highest BCUT2D eigenvalue weighted by molar-refractivity contribution is 6.01. The van der Waals surface area contributed by atoms with Crippen molar-refractivity contribution >= 4 is 17.8 Å². The Labute approximate surface area is 182 Å². The average Bonchev–Trinajstić information content (AvgIpc) is 2.79. The second-order valence-corrected chi connectivity index (χ2v) is 7.49. The largest absolute Gasteiger partial charge is 0.488 e. The molecule has 164 valence electrons. The van der Waals surface area contributed by atoms with Crippen LogP contribution in [0.4, 0.5) is 0 Å². The van der Waals surface area contributed by atoms with E-state index in [0.29, 0.717) is 37.4 Å². The van der Waals surface area contributed by atoms with Gasteiger partial charge in [-0.15, -0.1) is 0 Å². The van der Waals surface area contributed by atoms with Gasteiger partial charge in [0.2, 0.25) is 5.91 Å². The summed E-state index contributed by atoms with van der Waals surface area (Å²) in [5.74, 6) is -0.769. The number of carbonyl (C=O) groups excluding carboxylic acids is 3. The van der Waals surface area contributed by atoms with Gasteiger partial charge < -0.3 is 19.7 Å². The lowest BCUT2D eigenvalue weighted by Crippen LogP contribution is -2.58. The number of para-hydroxylation sites is 1. The number of hydrogen-bond donors (Lipinski definition) is 1. The summed E-state index contributed by atoms with van der Waals surface area (Å²) in [6.45, 7) is 4.65. The molecule has 7 heteroatoms. The monoisotopic (exact) mass is 424 g/mol. The number of carbonyl (C=O) groups is 3. The van der Waals surface area contributed by atoms with E-state index < -0.39 is 12.0 Å². The second kappa shape index (κ2) is 10.6. The molecule has 1 aliphatic heterocycles. The summed E-state index contributed by atoms with van der Waals surface area (Å²) in [6.07, 6.45) is 0.252. The number of nitrogens with one attached hydrogen (secondary N) is 1. The summed E-state index contributed by atoms with van der Waals surface area (Å²) in [7, 11) is 0. The van der Waals surface area contributed by atoms with Crippen LogP contribution in [0.1, 0.15) is 42.6 Å². The van der Waals surface area contributed by atoms with Crippen molar-refractivity contribution in [2.75, 3.05) is 13.1 Å². The van der Waals surface area contributed by atoms with E-state index >= 15 is 0 Å². The molecule has 0 spiro atoms. The SMILES string of the molecule is CCC(C)OC(=O)CC1C(=O)NCCN1C(=O)c1ccccc1OCc1ccccc1. The molecule has 1 fully saturated rings. The maximum absolute atomic E-state index is 13.4. The number of benzene rings is 2. The zero-order valence-corrected chi connectivity index (χ0v) is 17.9. The smallest absolute Gasteiger partial charge is 0.308 e. The van der Waals surface area contributed by atoms with E-state index in [1.54, 1.807) is 31.2 Å². The lowest BCUT2D eigenvalue weighted by atomic mass is 10.1. The average molecular weight is 424 g/mol. The van der Waals surface area contributed by atoms with Crippen molar-refractivity contribution in [1.29, 1.82) is 0 Å². The van der Waals surface area contributed by atoms with Crippen molar-refractivity contribution in [3.63, 3.8) is 0 Å². The fourth-order valence-electron chi connectivity index (χ4n) is 3.33. The predicted octanol–water partition coefficient (Wildman–Crippen LogP) is 2.94. The van der Waals surface area contributed by atoms with Crippen LogP contribution in [-0.2, 0) is 20.9 Å². The molecule has 3 rings (SSSR count). The molecule has 2 unspecified atom stereocenters. The van der Waals surface area contributed by atoms with Gasteiger partial charge in [-0.25, -0.2) is 0 Å². The maximum atomic E-state index is 13.4. The van der Waals surface area contributed by atoms with E-state index in [4.69, 9.17) is 9.47 Å². The summed E-state index contributed by atoms with van der Waals surface area (Å²) in [5, 5.41) is 2.73. The third-order valence-corrected chi connectivity index (χ3v) is 5.21. The first-order valence-electron chi connectivity index (χ1n) is 10.5. The summed E-state index contributed by atoms with van der Waals surface area (Å²) < 4.78 is 11.2. The Morgan fingerprint density at radius 1 is 1.13 bits per heavy atom. The number of rotatable bonds is 8. The zero-order valence-electron chi connectivity index (χ0n) is 17.9. The fourth-order valence-corrected chi connectivity index (χ4v) is 3.33. The standard InChI is InChI=1S/C24H28N2O5/c1-3-17(2)31-22(27)15-20-23(28)25-13-14-26(20)24(29)19-11-7-8-12-21(19)30-16-18-9-5-4-6-10-18/h4-12,17,20H,3,13-16H2,1-2H3,(H,25,28).